The zero-order valence-corrected chi connectivity index (χ0v) is 13.2. The molecule has 1 fully saturated rings. The van der Waals surface area contributed by atoms with Crippen molar-refractivity contribution >= 4 is 12.0 Å². The molecule has 0 radical (unpaired) electrons. The molecule has 1 aromatic carbocycles. The van der Waals surface area contributed by atoms with E-state index in [2.05, 4.69) is 9.97 Å². The van der Waals surface area contributed by atoms with Gasteiger partial charge < -0.3 is 14.4 Å². The van der Waals surface area contributed by atoms with Crippen LogP contribution in [0.15, 0.2) is 24.5 Å². The van der Waals surface area contributed by atoms with Gasteiger partial charge in [0, 0.05) is 25.1 Å². The van der Waals surface area contributed by atoms with Crippen molar-refractivity contribution in [3.05, 3.63) is 36.2 Å². The van der Waals surface area contributed by atoms with Crippen molar-refractivity contribution in [2.45, 2.75) is 12.8 Å². The lowest BCUT2D eigenvalue weighted by atomic mass is 10.1. The Bertz CT molecular complexity index is 731. The van der Waals surface area contributed by atoms with Crippen LogP contribution >= 0.6 is 0 Å². The van der Waals surface area contributed by atoms with E-state index in [9.17, 15) is 13.6 Å². The first kappa shape index (κ1) is 16.3. The molecular weight excluding hydrogens is 316 g/mol. The molecule has 1 aliphatic rings. The first-order valence-corrected chi connectivity index (χ1v) is 7.66. The number of rotatable bonds is 5. The topological polar surface area (TPSA) is 55.3 Å². The molecule has 0 N–H and O–H groups in total. The van der Waals surface area contributed by atoms with Gasteiger partial charge in [-0.05, 0) is 24.5 Å². The van der Waals surface area contributed by atoms with Crippen molar-refractivity contribution in [3.63, 3.8) is 0 Å². The first-order valence-electron chi connectivity index (χ1n) is 7.66. The Morgan fingerprint density at radius 2 is 2.08 bits per heavy atom. The van der Waals surface area contributed by atoms with Crippen molar-refractivity contribution in [1.82, 2.24) is 9.97 Å². The molecule has 0 aliphatic carbocycles. The van der Waals surface area contributed by atoms with Gasteiger partial charge in [-0.3, -0.25) is 4.98 Å². The summed E-state index contributed by atoms with van der Waals surface area (Å²) in [6, 6.07) is 2.49. The number of hydrogen-bond donors (Lipinski definition) is 0. The van der Waals surface area contributed by atoms with E-state index in [0.29, 0.717) is 30.8 Å². The molecule has 0 amide bonds. The average molecular weight is 333 g/mol. The zero-order valence-electron chi connectivity index (χ0n) is 13.2. The van der Waals surface area contributed by atoms with Crippen molar-refractivity contribution in [2.24, 2.45) is 5.92 Å². The number of carbonyl (C=O) groups excluding carboxylic acids is 1. The summed E-state index contributed by atoms with van der Waals surface area (Å²) in [6.45, 7) is 1.01. The molecule has 1 aromatic heterocycles. The summed E-state index contributed by atoms with van der Waals surface area (Å²) in [6.07, 6.45) is 4.86. The Kier molecular flexibility index (Phi) is 4.69. The number of methoxy groups -OCH3 is 1. The highest BCUT2D eigenvalue weighted by Crippen LogP contribution is 2.33. The predicted molar refractivity (Wildman–Crippen MR) is 84.9 cm³/mol. The fourth-order valence-electron chi connectivity index (χ4n) is 2.97. The molecular formula is C17H17F2N3O2. The summed E-state index contributed by atoms with van der Waals surface area (Å²) >= 11 is 0. The lowest BCUT2D eigenvalue weighted by Crippen LogP contribution is -2.22. The van der Waals surface area contributed by atoms with Gasteiger partial charge in [-0.2, -0.15) is 0 Å². The van der Waals surface area contributed by atoms with Crippen LogP contribution in [0.3, 0.4) is 0 Å². The van der Waals surface area contributed by atoms with Crippen LogP contribution in [0.5, 0.6) is 5.88 Å². The number of aromatic nitrogens is 2. The second kappa shape index (κ2) is 6.90. The van der Waals surface area contributed by atoms with Crippen LogP contribution in [0.2, 0.25) is 0 Å². The Hall–Kier alpha value is -2.57. The van der Waals surface area contributed by atoms with Gasteiger partial charge in [0.1, 0.15) is 23.6 Å². The number of aldehydes is 1. The molecule has 3 rings (SSSR count). The summed E-state index contributed by atoms with van der Waals surface area (Å²) in [5.41, 5.74) is 0.575. The molecule has 0 spiro atoms. The number of hydrogen-bond acceptors (Lipinski definition) is 5. The Morgan fingerprint density at radius 1 is 1.33 bits per heavy atom. The second-order valence-corrected chi connectivity index (χ2v) is 5.74. The molecule has 2 aromatic rings. The molecule has 5 nitrogen and oxygen atoms in total. The van der Waals surface area contributed by atoms with E-state index in [0.717, 1.165) is 12.7 Å². The van der Waals surface area contributed by atoms with Gasteiger partial charge in [0.2, 0.25) is 5.88 Å². The van der Waals surface area contributed by atoms with E-state index in [1.54, 1.807) is 4.90 Å². The van der Waals surface area contributed by atoms with Gasteiger partial charge in [-0.15, -0.1) is 0 Å². The number of benzene rings is 1. The number of anilines is 1. The van der Waals surface area contributed by atoms with Gasteiger partial charge in [-0.1, -0.05) is 0 Å². The number of carbonyl (C=O) groups is 1. The van der Waals surface area contributed by atoms with Gasteiger partial charge >= 0.3 is 0 Å². The maximum absolute atomic E-state index is 14.5. The maximum Gasteiger partial charge on any atom is 0.232 e. The number of halogens is 2. The zero-order chi connectivity index (χ0) is 17.1. The molecule has 1 atom stereocenters. The summed E-state index contributed by atoms with van der Waals surface area (Å²) in [4.78, 5) is 20.3. The summed E-state index contributed by atoms with van der Waals surface area (Å²) < 4.78 is 34.0. The minimum atomic E-state index is -0.652. The Morgan fingerprint density at radius 3 is 2.75 bits per heavy atom. The third kappa shape index (κ3) is 3.20. The number of ether oxygens (including phenoxy) is 1. The third-order valence-corrected chi connectivity index (χ3v) is 4.17. The minimum absolute atomic E-state index is 0.0528. The fraction of sp³-hybridized carbons (Fsp3) is 0.353. The highest BCUT2D eigenvalue weighted by atomic mass is 19.1. The Labute approximate surface area is 138 Å². The monoisotopic (exact) mass is 333 g/mol. The van der Waals surface area contributed by atoms with E-state index in [4.69, 9.17) is 4.74 Å². The highest BCUT2D eigenvalue weighted by molar-refractivity contribution is 5.64. The maximum atomic E-state index is 14.5. The molecule has 1 unspecified atom stereocenters. The SMILES string of the molecule is COc1cncc(-c2cc(F)c(N3CCC(CC=O)C3)c(F)c2)n1. The van der Waals surface area contributed by atoms with Gasteiger partial charge in [0.25, 0.3) is 0 Å². The summed E-state index contributed by atoms with van der Waals surface area (Å²) in [7, 11) is 1.45. The van der Waals surface area contributed by atoms with E-state index in [1.807, 2.05) is 0 Å². The average Bonchev–Trinajstić information content (AvgIpc) is 3.03. The second-order valence-electron chi connectivity index (χ2n) is 5.74. The van der Waals surface area contributed by atoms with Crippen LogP contribution < -0.4 is 9.64 Å². The molecule has 24 heavy (non-hydrogen) atoms. The van der Waals surface area contributed by atoms with Crippen molar-refractivity contribution in [2.75, 3.05) is 25.1 Å². The summed E-state index contributed by atoms with van der Waals surface area (Å²) in [5.74, 6) is -0.887. The molecule has 2 heterocycles. The lowest BCUT2D eigenvalue weighted by molar-refractivity contribution is -0.108. The first-order chi connectivity index (χ1) is 11.6. The van der Waals surface area contributed by atoms with E-state index < -0.39 is 11.6 Å². The van der Waals surface area contributed by atoms with Crippen LogP contribution in [0.25, 0.3) is 11.3 Å². The molecule has 7 heteroatoms. The van der Waals surface area contributed by atoms with Crippen molar-refractivity contribution in [3.8, 4) is 17.1 Å². The minimum Gasteiger partial charge on any atom is -0.480 e. The molecule has 1 saturated heterocycles. The molecule has 0 saturated carbocycles. The molecule has 1 aliphatic heterocycles. The van der Waals surface area contributed by atoms with Crippen molar-refractivity contribution < 1.29 is 18.3 Å². The summed E-state index contributed by atoms with van der Waals surface area (Å²) in [5, 5.41) is 0. The molecule has 0 bridgehead atoms. The predicted octanol–water partition coefficient (Wildman–Crippen LogP) is 2.85. The van der Waals surface area contributed by atoms with Crippen LogP contribution in [0, 0.1) is 17.6 Å². The van der Waals surface area contributed by atoms with Gasteiger partial charge in [0.05, 0.1) is 25.2 Å². The normalized spacial score (nSPS) is 17.1. The largest absolute Gasteiger partial charge is 0.480 e. The fourth-order valence-corrected chi connectivity index (χ4v) is 2.97. The molecule has 126 valence electrons. The Balaban J connectivity index is 1.90. The van der Waals surface area contributed by atoms with E-state index in [1.165, 1.54) is 31.6 Å². The lowest BCUT2D eigenvalue weighted by Gasteiger charge is -2.20. The third-order valence-electron chi connectivity index (χ3n) is 4.17. The highest BCUT2D eigenvalue weighted by Gasteiger charge is 2.27. The van der Waals surface area contributed by atoms with Crippen LogP contribution in [-0.2, 0) is 4.79 Å². The van der Waals surface area contributed by atoms with Gasteiger partial charge in [-0.25, -0.2) is 13.8 Å². The van der Waals surface area contributed by atoms with Crippen LogP contribution in [0.4, 0.5) is 14.5 Å². The van der Waals surface area contributed by atoms with Crippen LogP contribution in [-0.4, -0.2) is 36.5 Å². The smallest absolute Gasteiger partial charge is 0.232 e. The van der Waals surface area contributed by atoms with Gasteiger partial charge in [0.15, 0.2) is 0 Å². The van der Waals surface area contributed by atoms with Crippen LogP contribution in [0.1, 0.15) is 12.8 Å². The van der Waals surface area contributed by atoms with E-state index >= 15 is 0 Å². The quantitative estimate of drug-likeness (QED) is 0.788. The van der Waals surface area contributed by atoms with Crippen molar-refractivity contribution in [1.29, 1.82) is 0 Å². The van der Waals surface area contributed by atoms with E-state index in [-0.39, 0.29) is 17.5 Å². The number of nitrogens with zero attached hydrogens (tertiary/aromatic N) is 3. The standard InChI is InChI=1S/C17H17F2N3O2/c1-24-16-9-20-8-15(21-16)12-6-13(18)17(14(19)7-12)22-4-2-11(10-22)3-5-23/h5-9,11H,2-4,10H2,1H3.